The summed E-state index contributed by atoms with van der Waals surface area (Å²) in [5.41, 5.74) is 1.58. The van der Waals surface area contributed by atoms with Crippen LogP contribution in [-0.4, -0.2) is 43.8 Å². The number of hydrogen-bond acceptors (Lipinski definition) is 4. The molecule has 5 rings (SSSR count). The molecule has 1 aliphatic heterocycles. The average molecular weight is 613 g/mol. The van der Waals surface area contributed by atoms with E-state index in [4.69, 9.17) is 0 Å². The lowest BCUT2D eigenvalue weighted by molar-refractivity contribution is -0.141. The SMILES string of the molecule is CC(C(=O)NC1CCCCC1)N(Cc1ccc(Br)cc1)C(=O)CCCN1c2cccc3cccc(c23)S1(=O)=O. The molecule has 1 N–H and O–H groups in total. The molecule has 1 aliphatic carbocycles. The molecule has 0 bridgehead atoms. The van der Waals surface area contributed by atoms with Crippen LogP contribution >= 0.6 is 15.9 Å². The molecular formula is C30H34BrN3O4S. The average Bonchev–Trinajstić information content (AvgIpc) is 3.16. The lowest BCUT2D eigenvalue weighted by Crippen LogP contribution is -2.50. The zero-order chi connectivity index (χ0) is 27.6. The molecular weight excluding hydrogens is 578 g/mol. The second-order valence-electron chi connectivity index (χ2n) is 10.5. The highest BCUT2D eigenvalue weighted by Gasteiger charge is 2.35. The number of rotatable bonds is 9. The molecule has 1 saturated carbocycles. The molecule has 7 nitrogen and oxygen atoms in total. The number of benzene rings is 3. The second-order valence-corrected chi connectivity index (χ2v) is 13.2. The van der Waals surface area contributed by atoms with E-state index in [1.165, 1.54) is 10.7 Å². The van der Waals surface area contributed by atoms with Gasteiger partial charge in [-0.25, -0.2) is 8.42 Å². The number of hydrogen-bond donors (Lipinski definition) is 1. The van der Waals surface area contributed by atoms with Crippen LogP contribution in [0.2, 0.25) is 0 Å². The Hall–Kier alpha value is -2.91. The smallest absolute Gasteiger partial charge is 0.265 e. The van der Waals surface area contributed by atoms with Crippen molar-refractivity contribution in [2.24, 2.45) is 0 Å². The first-order chi connectivity index (χ1) is 18.8. The molecule has 1 heterocycles. The molecule has 0 radical (unpaired) electrons. The first kappa shape index (κ1) is 27.6. The van der Waals surface area contributed by atoms with Gasteiger partial charge in [0.15, 0.2) is 0 Å². The number of amides is 2. The number of nitrogens with zero attached hydrogens (tertiary/aromatic N) is 2. The van der Waals surface area contributed by atoms with Crippen molar-refractivity contribution >= 4 is 54.2 Å². The Morgan fingerprint density at radius 2 is 1.72 bits per heavy atom. The van der Waals surface area contributed by atoms with Gasteiger partial charge in [-0.2, -0.15) is 0 Å². The van der Waals surface area contributed by atoms with Gasteiger partial charge in [0.05, 0.1) is 10.6 Å². The molecule has 1 unspecified atom stereocenters. The van der Waals surface area contributed by atoms with Crippen molar-refractivity contribution in [3.05, 3.63) is 70.7 Å². The minimum absolute atomic E-state index is 0.135. The Kier molecular flexibility index (Phi) is 8.28. The van der Waals surface area contributed by atoms with Crippen molar-refractivity contribution in [2.45, 2.75) is 75.4 Å². The van der Waals surface area contributed by atoms with E-state index in [1.54, 1.807) is 24.0 Å². The predicted octanol–water partition coefficient (Wildman–Crippen LogP) is 5.76. The summed E-state index contributed by atoms with van der Waals surface area (Å²) >= 11 is 3.45. The van der Waals surface area contributed by atoms with Gasteiger partial charge in [0.25, 0.3) is 10.0 Å². The van der Waals surface area contributed by atoms with Crippen LogP contribution in [0.5, 0.6) is 0 Å². The van der Waals surface area contributed by atoms with Gasteiger partial charge in [-0.05, 0) is 61.4 Å². The summed E-state index contributed by atoms with van der Waals surface area (Å²) in [5, 5.41) is 4.77. The highest BCUT2D eigenvalue weighted by molar-refractivity contribution is 9.10. The minimum atomic E-state index is -3.68. The van der Waals surface area contributed by atoms with Crippen molar-refractivity contribution in [1.82, 2.24) is 10.2 Å². The molecule has 3 aromatic carbocycles. The van der Waals surface area contributed by atoms with Crippen LogP contribution < -0.4 is 9.62 Å². The molecule has 9 heteroatoms. The summed E-state index contributed by atoms with van der Waals surface area (Å²) in [5.74, 6) is -0.312. The van der Waals surface area contributed by atoms with E-state index in [9.17, 15) is 18.0 Å². The molecule has 206 valence electrons. The van der Waals surface area contributed by atoms with E-state index >= 15 is 0 Å². The zero-order valence-electron chi connectivity index (χ0n) is 22.1. The van der Waals surface area contributed by atoms with Crippen molar-refractivity contribution in [1.29, 1.82) is 0 Å². The van der Waals surface area contributed by atoms with Crippen molar-refractivity contribution in [3.63, 3.8) is 0 Å². The molecule has 1 fully saturated rings. The third-order valence-electron chi connectivity index (χ3n) is 7.82. The van der Waals surface area contributed by atoms with Crippen LogP contribution in [0.25, 0.3) is 10.8 Å². The highest BCUT2D eigenvalue weighted by Crippen LogP contribution is 2.42. The maximum atomic E-state index is 13.6. The van der Waals surface area contributed by atoms with Crippen LogP contribution in [0.4, 0.5) is 5.69 Å². The Bertz CT molecular complexity index is 1460. The van der Waals surface area contributed by atoms with E-state index in [1.807, 2.05) is 48.5 Å². The van der Waals surface area contributed by atoms with Gasteiger partial charge < -0.3 is 10.2 Å². The summed E-state index contributed by atoms with van der Waals surface area (Å²) in [6, 6.07) is 18.1. The van der Waals surface area contributed by atoms with Gasteiger partial charge in [0, 0.05) is 35.4 Å². The van der Waals surface area contributed by atoms with Gasteiger partial charge in [-0.15, -0.1) is 0 Å². The third-order valence-corrected chi connectivity index (χ3v) is 10.2. The van der Waals surface area contributed by atoms with Crippen LogP contribution in [0.15, 0.2) is 70.0 Å². The molecule has 1 atom stereocenters. The molecule has 3 aromatic rings. The fourth-order valence-corrected chi connectivity index (χ4v) is 7.67. The summed E-state index contributed by atoms with van der Waals surface area (Å²) in [6.07, 6.45) is 5.83. The number of carbonyl (C=O) groups excluding carboxylic acids is 2. The normalized spacial score (nSPS) is 17.2. The minimum Gasteiger partial charge on any atom is -0.352 e. The van der Waals surface area contributed by atoms with Gasteiger partial charge >= 0.3 is 0 Å². The van der Waals surface area contributed by atoms with Crippen LogP contribution in [0, 0.1) is 0 Å². The van der Waals surface area contributed by atoms with Crippen molar-refractivity contribution in [2.75, 3.05) is 10.8 Å². The largest absolute Gasteiger partial charge is 0.352 e. The standard InChI is InChI=1S/C30H34BrN3O4S/c1-21(30(36)32-25-10-3-2-4-11-25)33(20-22-15-17-24(31)18-16-22)28(35)14-7-19-34-26-12-5-8-23-9-6-13-27(29(23)26)39(34,37)38/h5-6,8-9,12-13,15-18,21,25H,2-4,7,10-11,14,19-20H2,1H3,(H,32,36). The number of halogens is 1. The summed E-state index contributed by atoms with van der Waals surface area (Å²) < 4.78 is 29.0. The molecule has 2 aliphatic rings. The van der Waals surface area contributed by atoms with E-state index in [-0.39, 0.29) is 30.8 Å². The van der Waals surface area contributed by atoms with E-state index in [0.717, 1.165) is 46.5 Å². The molecule has 0 saturated heterocycles. The van der Waals surface area contributed by atoms with Crippen LogP contribution in [0.1, 0.15) is 57.4 Å². The Labute approximate surface area is 238 Å². The van der Waals surface area contributed by atoms with Gasteiger partial charge in [-0.1, -0.05) is 71.6 Å². The van der Waals surface area contributed by atoms with Crippen LogP contribution in [-0.2, 0) is 26.2 Å². The Balaban J connectivity index is 1.29. The maximum Gasteiger partial charge on any atom is 0.265 e. The highest BCUT2D eigenvalue weighted by atomic mass is 79.9. The number of anilines is 1. The molecule has 0 spiro atoms. The molecule has 2 amide bonds. The number of nitrogens with one attached hydrogen (secondary N) is 1. The van der Waals surface area contributed by atoms with E-state index in [2.05, 4.69) is 21.2 Å². The van der Waals surface area contributed by atoms with Crippen LogP contribution in [0.3, 0.4) is 0 Å². The Morgan fingerprint density at radius 1 is 1.03 bits per heavy atom. The van der Waals surface area contributed by atoms with Crippen molar-refractivity contribution < 1.29 is 18.0 Å². The summed E-state index contributed by atoms with van der Waals surface area (Å²) in [4.78, 5) is 28.7. The van der Waals surface area contributed by atoms with Gasteiger partial charge in [0.1, 0.15) is 6.04 Å². The van der Waals surface area contributed by atoms with Gasteiger partial charge in [0.2, 0.25) is 11.8 Å². The topological polar surface area (TPSA) is 86.8 Å². The molecule has 39 heavy (non-hydrogen) atoms. The summed E-state index contributed by atoms with van der Waals surface area (Å²) in [6.45, 7) is 2.27. The molecule has 0 aromatic heterocycles. The second kappa shape index (κ2) is 11.7. The first-order valence-corrected chi connectivity index (χ1v) is 15.9. The summed E-state index contributed by atoms with van der Waals surface area (Å²) in [7, 11) is -3.68. The maximum absolute atomic E-state index is 13.6. The fraction of sp³-hybridized carbons (Fsp3) is 0.400. The third kappa shape index (κ3) is 5.84. The van der Waals surface area contributed by atoms with Gasteiger partial charge in [-0.3, -0.25) is 13.9 Å². The zero-order valence-corrected chi connectivity index (χ0v) is 24.5. The van der Waals surface area contributed by atoms with E-state index in [0.29, 0.717) is 23.5 Å². The first-order valence-electron chi connectivity index (χ1n) is 13.6. The van der Waals surface area contributed by atoms with E-state index < -0.39 is 16.1 Å². The predicted molar refractivity (Wildman–Crippen MR) is 157 cm³/mol. The lowest BCUT2D eigenvalue weighted by atomic mass is 9.95. The lowest BCUT2D eigenvalue weighted by Gasteiger charge is -2.31. The number of sulfonamides is 1. The van der Waals surface area contributed by atoms with Crippen molar-refractivity contribution in [3.8, 4) is 0 Å². The number of carbonyl (C=O) groups is 2. The fourth-order valence-electron chi connectivity index (χ4n) is 5.65. The quantitative estimate of drug-likeness (QED) is 0.333. The Morgan fingerprint density at radius 3 is 2.44 bits per heavy atom. The monoisotopic (exact) mass is 611 g/mol.